The summed E-state index contributed by atoms with van der Waals surface area (Å²) in [5, 5.41) is 0.277. The summed E-state index contributed by atoms with van der Waals surface area (Å²) >= 11 is 0. The molecule has 152 valence electrons. The average Bonchev–Trinajstić information content (AvgIpc) is 2.67. The number of fused-ring (bicyclic) bond motifs is 1. The summed E-state index contributed by atoms with van der Waals surface area (Å²) in [6.45, 7) is 0.165. The lowest BCUT2D eigenvalue weighted by Crippen LogP contribution is -2.40. The first kappa shape index (κ1) is 19.6. The molecule has 0 amide bonds. The minimum Gasteiger partial charge on any atom is -0.296 e. The molecular formula is C19H16F3N3O3S. The van der Waals surface area contributed by atoms with Crippen LogP contribution in [0.2, 0.25) is 0 Å². The van der Waals surface area contributed by atoms with Gasteiger partial charge < -0.3 is 0 Å². The molecule has 1 aliphatic rings. The van der Waals surface area contributed by atoms with Gasteiger partial charge in [-0.1, -0.05) is 0 Å². The van der Waals surface area contributed by atoms with Gasteiger partial charge in [0.1, 0.15) is 17.5 Å². The van der Waals surface area contributed by atoms with Crippen LogP contribution in [0.15, 0.2) is 52.4 Å². The molecule has 1 aromatic heterocycles. The summed E-state index contributed by atoms with van der Waals surface area (Å²) in [7, 11) is -4.05. The van der Waals surface area contributed by atoms with Crippen LogP contribution in [0.3, 0.4) is 0 Å². The van der Waals surface area contributed by atoms with E-state index in [1.807, 2.05) is 0 Å². The standard InChI is InChI=1S/C19H16F3N3O3S/c20-12-1-2-17-18(10-12)23-11-25(19(17)26)15-3-5-24(6-4-15)29(27,28)16-8-13(21)7-14(22)9-16/h1-2,7-11,15H,3-6H2. The average molecular weight is 423 g/mol. The van der Waals surface area contributed by atoms with Crippen molar-refractivity contribution >= 4 is 20.9 Å². The number of hydrogen-bond donors (Lipinski definition) is 0. The molecule has 0 spiro atoms. The van der Waals surface area contributed by atoms with Gasteiger partial charge in [0.25, 0.3) is 5.56 Å². The van der Waals surface area contributed by atoms with Crippen molar-refractivity contribution < 1.29 is 21.6 Å². The van der Waals surface area contributed by atoms with Gasteiger partial charge in [-0.25, -0.2) is 26.6 Å². The quantitative estimate of drug-likeness (QED) is 0.650. The third kappa shape index (κ3) is 3.65. The minimum atomic E-state index is -4.05. The molecule has 29 heavy (non-hydrogen) atoms. The van der Waals surface area contributed by atoms with E-state index in [0.29, 0.717) is 18.9 Å². The lowest BCUT2D eigenvalue weighted by molar-refractivity contribution is 0.269. The Morgan fingerprint density at radius 3 is 2.24 bits per heavy atom. The predicted molar refractivity (Wildman–Crippen MR) is 99.3 cm³/mol. The van der Waals surface area contributed by atoms with Gasteiger partial charge in [0, 0.05) is 31.3 Å². The Hall–Kier alpha value is -2.72. The molecule has 1 saturated heterocycles. The Morgan fingerprint density at radius 1 is 0.931 bits per heavy atom. The van der Waals surface area contributed by atoms with Crippen LogP contribution in [0.4, 0.5) is 13.2 Å². The molecule has 4 rings (SSSR count). The van der Waals surface area contributed by atoms with E-state index in [-0.39, 0.29) is 35.6 Å². The molecular weight excluding hydrogens is 407 g/mol. The van der Waals surface area contributed by atoms with E-state index < -0.39 is 32.4 Å². The van der Waals surface area contributed by atoms with Gasteiger partial charge in [0.05, 0.1) is 22.1 Å². The summed E-state index contributed by atoms with van der Waals surface area (Å²) in [6.07, 6.45) is 1.98. The van der Waals surface area contributed by atoms with Crippen molar-refractivity contribution in [1.82, 2.24) is 13.9 Å². The van der Waals surface area contributed by atoms with Crippen molar-refractivity contribution in [3.05, 3.63) is 70.5 Å². The number of hydrogen-bond acceptors (Lipinski definition) is 4. The van der Waals surface area contributed by atoms with Crippen LogP contribution in [-0.2, 0) is 10.0 Å². The Balaban J connectivity index is 1.57. The highest BCUT2D eigenvalue weighted by Gasteiger charge is 2.31. The first-order chi connectivity index (χ1) is 13.8. The molecule has 0 N–H and O–H groups in total. The molecule has 2 heterocycles. The zero-order valence-corrected chi connectivity index (χ0v) is 15.9. The Labute approximate surface area is 164 Å². The van der Waals surface area contributed by atoms with E-state index >= 15 is 0 Å². The first-order valence-corrected chi connectivity index (χ1v) is 10.3. The number of rotatable bonds is 3. The van der Waals surface area contributed by atoms with Crippen LogP contribution in [0.25, 0.3) is 10.9 Å². The molecule has 10 heteroatoms. The van der Waals surface area contributed by atoms with Gasteiger partial charge >= 0.3 is 0 Å². The number of sulfonamides is 1. The van der Waals surface area contributed by atoms with Crippen molar-refractivity contribution in [2.45, 2.75) is 23.8 Å². The van der Waals surface area contributed by atoms with E-state index in [1.165, 1.54) is 29.1 Å². The van der Waals surface area contributed by atoms with E-state index in [0.717, 1.165) is 16.4 Å². The van der Waals surface area contributed by atoms with E-state index in [1.54, 1.807) is 0 Å². The molecule has 1 aliphatic heterocycles. The summed E-state index contributed by atoms with van der Waals surface area (Å²) in [4.78, 5) is 16.4. The topological polar surface area (TPSA) is 72.3 Å². The highest BCUT2D eigenvalue weighted by molar-refractivity contribution is 7.89. The van der Waals surface area contributed by atoms with Crippen molar-refractivity contribution in [2.24, 2.45) is 0 Å². The monoisotopic (exact) mass is 423 g/mol. The summed E-state index contributed by atoms with van der Waals surface area (Å²) < 4.78 is 68.1. The van der Waals surface area contributed by atoms with Crippen LogP contribution in [0.1, 0.15) is 18.9 Å². The van der Waals surface area contributed by atoms with Crippen LogP contribution in [0.5, 0.6) is 0 Å². The number of piperidine rings is 1. The van der Waals surface area contributed by atoms with Crippen LogP contribution in [0, 0.1) is 17.5 Å². The maximum Gasteiger partial charge on any atom is 0.261 e. The molecule has 0 saturated carbocycles. The molecule has 0 unspecified atom stereocenters. The van der Waals surface area contributed by atoms with Crippen molar-refractivity contribution in [3.8, 4) is 0 Å². The Bertz CT molecular complexity index is 1230. The number of benzene rings is 2. The summed E-state index contributed by atoms with van der Waals surface area (Å²) in [6, 6.07) is 5.60. The molecule has 0 aliphatic carbocycles. The van der Waals surface area contributed by atoms with Crippen LogP contribution < -0.4 is 5.56 Å². The third-order valence-corrected chi connectivity index (χ3v) is 6.91. The second-order valence-corrected chi connectivity index (χ2v) is 8.80. The van der Waals surface area contributed by atoms with Crippen molar-refractivity contribution in [3.63, 3.8) is 0 Å². The minimum absolute atomic E-state index is 0.0824. The van der Waals surface area contributed by atoms with Gasteiger partial charge in [-0.05, 0) is 37.1 Å². The molecule has 6 nitrogen and oxygen atoms in total. The fraction of sp³-hybridized carbons (Fsp3) is 0.263. The smallest absolute Gasteiger partial charge is 0.261 e. The number of aromatic nitrogens is 2. The maximum absolute atomic E-state index is 13.4. The first-order valence-electron chi connectivity index (χ1n) is 8.88. The second kappa shape index (κ2) is 7.27. The highest BCUT2D eigenvalue weighted by atomic mass is 32.2. The molecule has 0 atom stereocenters. The maximum atomic E-state index is 13.4. The zero-order chi connectivity index (χ0) is 20.8. The lowest BCUT2D eigenvalue weighted by Gasteiger charge is -2.32. The van der Waals surface area contributed by atoms with Gasteiger partial charge in [-0.15, -0.1) is 0 Å². The molecule has 0 radical (unpaired) electrons. The van der Waals surface area contributed by atoms with Crippen molar-refractivity contribution in [2.75, 3.05) is 13.1 Å². The SMILES string of the molecule is O=c1c2ccc(F)cc2ncn1C1CCN(S(=O)(=O)c2cc(F)cc(F)c2)CC1. The summed E-state index contributed by atoms with van der Waals surface area (Å²) in [5.74, 6) is -2.43. The van der Waals surface area contributed by atoms with Gasteiger partial charge in [0.15, 0.2) is 0 Å². The van der Waals surface area contributed by atoms with E-state index in [9.17, 15) is 26.4 Å². The van der Waals surface area contributed by atoms with Gasteiger partial charge in [-0.3, -0.25) is 9.36 Å². The molecule has 3 aromatic rings. The number of nitrogens with zero attached hydrogens (tertiary/aromatic N) is 3. The van der Waals surface area contributed by atoms with Crippen LogP contribution >= 0.6 is 0 Å². The van der Waals surface area contributed by atoms with Gasteiger partial charge in [0.2, 0.25) is 10.0 Å². The normalized spacial score (nSPS) is 16.4. The lowest BCUT2D eigenvalue weighted by atomic mass is 10.1. The largest absolute Gasteiger partial charge is 0.296 e. The Kier molecular flexibility index (Phi) is 4.91. The van der Waals surface area contributed by atoms with E-state index in [4.69, 9.17) is 0 Å². The number of halogens is 3. The zero-order valence-electron chi connectivity index (χ0n) is 15.1. The Morgan fingerprint density at radius 2 is 1.59 bits per heavy atom. The molecule has 2 aromatic carbocycles. The predicted octanol–water partition coefficient (Wildman–Crippen LogP) is 2.84. The van der Waals surface area contributed by atoms with Crippen LogP contribution in [-0.4, -0.2) is 35.4 Å². The molecule has 0 bridgehead atoms. The summed E-state index contributed by atoms with van der Waals surface area (Å²) in [5.41, 5.74) is -0.0806. The fourth-order valence-electron chi connectivity index (χ4n) is 3.56. The van der Waals surface area contributed by atoms with Crippen molar-refractivity contribution in [1.29, 1.82) is 0 Å². The van der Waals surface area contributed by atoms with E-state index in [2.05, 4.69) is 4.98 Å². The van der Waals surface area contributed by atoms with Gasteiger partial charge in [-0.2, -0.15) is 4.31 Å². The molecule has 1 fully saturated rings. The third-order valence-electron chi connectivity index (χ3n) is 5.04. The second-order valence-electron chi connectivity index (χ2n) is 6.86. The fourth-order valence-corrected chi connectivity index (χ4v) is 5.07. The highest BCUT2D eigenvalue weighted by Crippen LogP contribution is 2.27.